The molecular weight excluding hydrogens is 392 g/mol. The molecule has 0 aliphatic carbocycles. The van der Waals surface area contributed by atoms with Crippen LogP contribution in [0.5, 0.6) is 0 Å². The first kappa shape index (κ1) is 18.7. The third-order valence-corrected chi connectivity index (χ3v) is 4.38. The van der Waals surface area contributed by atoms with Gasteiger partial charge in [0.05, 0.1) is 34.6 Å². The van der Waals surface area contributed by atoms with Crippen molar-refractivity contribution in [2.24, 2.45) is 0 Å². The first-order chi connectivity index (χ1) is 12.9. The number of nitriles is 1. The maximum absolute atomic E-state index is 10.9. The number of anilines is 2. The molecular formula is C16H13ClN6O3S. The van der Waals surface area contributed by atoms with E-state index in [1.165, 1.54) is 18.7 Å². The average molecular weight is 405 g/mol. The Morgan fingerprint density at radius 3 is 2.41 bits per heavy atom. The van der Waals surface area contributed by atoms with E-state index in [-0.39, 0.29) is 10.7 Å². The van der Waals surface area contributed by atoms with Gasteiger partial charge in [0.2, 0.25) is 0 Å². The van der Waals surface area contributed by atoms with Crippen molar-refractivity contribution in [1.29, 1.82) is 5.26 Å². The van der Waals surface area contributed by atoms with E-state index in [0.717, 1.165) is 11.3 Å². The SMILES string of the molecule is N#Cc1ccc(N(Cc2ccc(NS(=O)(=O)O)c(Cl)c2)n2cnnc2)cc1. The molecule has 0 aliphatic rings. The third-order valence-electron chi connectivity index (χ3n) is 3.58. The highest BCUT2D eigenvalue weighted by Gasteiger charge is 2.13. The summed E-state index contributed by atoms with van der Waals surface area (Å²) < 4.78 is 34.4. The largest absolute Gasteiger partial charge is 0.357 e. The Morgan fingerprint density at radius 1 is 1.19 bits per heavy atom. The van der Waals surface area contributed by atoms with Crippen molar-refractivity contribution in [2.75, 3.05) is 9.73 Å². The molecule has 0 aliphatic heterocycles. The van der Waals surface area contributed by atoms with Gasteiger partial charge in [-0.05, 0) is 42.0 Å². The van der Waals surface area contributed by atoms with Crippen LogP contribution >= 0.6 is 11.6 Å². The van der Waals surface area contributed by atoms with E-state index >= 15 is 0 Å². The molecule has 0 saturated heterocycles. The van der Waals surface area contributed by atoms with E-state index in [4.69, 9.17) is 21.4 Å². The summed E-state index contributed by atoms with van der Waals surface area (Å²) in [4.78, 5) is 0. The molecule has 1 heterocycles. The van der Waals surface area contributed by atoms with Gasteiger partial charge < -0.3 is 0 Å². The summed E-state index contributed by atoms with van der Waals surface area (Å²) in [5.41, 5.74) is 2.15. The summed E-state index contributed by atoms with van der Waals surface area (Å²) in [6, 6.07) is 13.7. The van der Waals surface area contributed by atoms with Gasteiger partial charge in [-0.2, -0.15) is 13.7 Å². The second-order valence-corrected chi connectivity index (χ2v) is 7.01. The molecule has 0 saturated carbocycles. The van der Waals surface area contributed by atoms with Crippen LogP contribution in [0.15, 0.2) is 55.1 Å². The van der Waals surface area contributed by atoms with Gasteiger partial charge in [-0.3, -0.25) is 14.3 Å². The zero-order valence-electron chi connectivity index (χ0n) is 13.7. The van der Waals surface area contributed by atoms with Gasteiger partial charge in [0.15, 0.2) is 0 Å². The van der Waals surface area contributed by atoms with Crippen molar-refractivity contribution in [2.45, 2.75) is 6.54 Å². The molecule has 0 unspecified atom stereocenters. The minimum Gasteiger partial charge on any atom is -0.274 e. The molecule has 3 aromatic rings. The first-order valence-electron chi connectivity index (χ1n) is 7.52. The second kappa shape index (κ2) is 7.63. The maximum Gasteiger partial charge on any atom is 0.357 e. The molecule has 1 aromatic heterocycles. The van der Waals surface area contributed by atoms with Crippen LogP contribution in [0.4, 0.5) is 11.4 Å². The molecule has 0 atom stereocenters. The minimum atomic E-state index is -4.41. The molecule has 0 spiro atoms. The highest BCUT2D eigenvalue weighted by Crippen LogP contribution is 2.26. The summed E-state index contributed by atoms with van der Waals surface area (Å²) in [7, 11) is -4.41. The van der Waals surface area contributed by atoms with Crippen molar-refractivity contribution in [3.63, 3.8) is 0 Å². The van der Waals surface area contributed by atoms with E-state index in [1.807, 2.05) is 9.73 Å². The lowest BCUT2D eigenvalue weighted by molar-refractivity contribution is 0.489. The van der Waals surface area contributed by atoms with Gasteiger partial charge in [-0.15, -0.1) is 10.2 Å². The molecule has 138 valence electrons. The zero-order chi connectivity index (χ0) is 19.4. The smallest absolute Gasteiger partial charge is 0.274 e. The summed E-state index contributed by atoms with van der Waals surface area (Å²) in [5, 5.41) is 18.5. The van der Waals surface area contributed by atoms with Crippen LogP contribution in [0, 0.1) is 11.3 Å². The number of halogens is 1. The van der Waals surface area contributed by atoms with E-state index in [0.29, 0.717) is 12.1 Å². The lowest BCUT2D eigenvalue weighted by Crippen LogP contribution is -2.27. The van der Waals surface area contributed by atoms with Gasteiger partial charge in [0, 0.05) is 0 Å². The number of rotatable bonds is 6. The van der Waals surface area contributed by atoms with Crippen molar-refractivity contribution >= 4 is 33.3 Å². The number of aromatic nitrogens is 3. The summed E-state index contributed by atoms with van der Waals surface area (Å²) in [6.45, 7) is 0.357. The monoisotopic (exact) mass is 404 g/mol. The first-order valence-corrected chi connectivity index (χ1v) is 9.34. The van der Waals surface area contributed by atoms with Gasteiger partial charge in [0.25, 0.3) is 0 Å². The van der Waals surface area contributed by atoms with Crippen LogP contribution in [0.1, 0.15) is 11.1 Å². The Labute approximate surface area is 160 Å². The zero-order valence-corrected chi connectivity index (χ0v) is 15.3. The molecule has 3 rings (SSSR count). The van der Waals surface area contributed by atoms with Crippen molar-refractivity contribution in [3.8, 4) is 6.07 Å². The molecule has 0 fully saturated rings. The van der Waals surface area contributed by atoms with Crippen LogP contribution < -0.4 is 9.73 Å². The van der Waals surface area contributed by atoms with Crippen molar-refractivity contribution < 1.29 is 13.0 Å². The van der Waals surface area contributed by atoms with E-state index < -0.39 is 10.3 Å². The number of nitrogens with zero attached hydrogens (tertiary/aromatic N) is 5. The molecule has 2 aromatic carbocycles. The third kappa shape index (κ3) is 4.73. The van der Waals surface area contributed by atoms with Crippen molar-refractivity contribution in [1.82, 2.24) is 14.9 Å². The molecule has 0 bridgehead atoms. The highest BCUT2D eigenvalue weighted by molar-refractivity contribution is 7.87. The number of hydrogen-bond donors (Lipinski definition) is 2. The topological polar surface area (TPSA) is 124 Å². The van der Waals surface area contributed by atoms with Gasteiger partial charge in [0.1, 0.15) is 12.7 Å². The Hall–Kier alpha value is -3.13. The Morgan fingerprint density at radius 2 is 1.85 bits per heavy atom. The molecule has 9 nitrogen and oxygen atoms in total. The van der Waals surface area contributed by atoms with E-state index in [2.05, 4.69) is 16.3 Å². The maximum atomic E-state index is 10.9. The minimum absolute atomic E-state index is 0.0668. The summed E-state index contributed by atoms with van der Waals surface area (Å²) in [5.74, 6) is 0. The van der Waals surface area contributed by atoms with Crippen LogP contribution in [0.25, 0.3) is 0 Å². The van der Waals surface area contributed by atoms with Crippen molar-refractivity contribution in [3.05, 3.63) is 71.3 Å². The average Bonchev–Trinajstić information content (AvgIpc) is 3.15. The fourth-order valence-corrected chi connectivity index (χ4v) is 3.15. The van der Waals surface area contributed by atoms with Crippen LogP contribution in [0.2, 0.25) is 5.02 Å². The Kier molecular flexibility index (Phi) is 5.27. The fraction of sp³-hybridized carbons (Fsp3) is 0.0625. The summed E-state index contributed by atoms with van der Waals surface area (Å²) in [6.07, 6.45) is 3.04. The second-order valence-electron chi connectivity index (χ2n) is 5.45. The van der Waals surface area contributed by atoms with Gasteiger partial charge >= 0.3 is 10.3 Å². The normalized spacial score (nSPS) is 11.0. The number of benzene rings is 2. The van der Waals surface area contributed by atoms with Crippen LogP contribution in [-0.2, 0) is 16.8 Å². The fourth-order valence-electron chi connectivity index (χ4n) is 2.39. The number of nitrogens with one attached hydrogen (secondary N) is 1. The highest BCUT2D eigenvalue weighted by atomic mass is 35.5. The lowest BCUT2D eigenvalue weighted by atomic mass is 10.2. The molecule has 0 amide bonds. The molecule has 2 N–H and O–H groups in total. The Balaban J connectivity index is 1.91. The molecule has 27 heavy (non-hydrogen) atoms. The van der Waals surface area contributed by atoms with Gasteiger partial charge in [-0.1, -0.05) is 17.7 Å². The molecule has 0 radical (unpaired) electrons. The summed E-state index contributed by atoms with van der Waals surface area (Å²) >= 11 is 6.11. The van der Waals surface area contributed by atoms with E-state index in [9.17, 15) is 8.42 Å². The predicted octanol–water partition coefficient (Wildman–Crippen LogP) is 2.49. The van der Waals surface area contributed by atoms with Gasteiger partial charge in [-0.25, -0.2) is 4.68 Å². The number of hydrogen-bond acceptors (Lipinski definition) is 6. The Bertz CT molecular complexity index is 1080. The lowest BCUT2D eigenvalue weighted by Gasteiger charge is -2.25. The van der Waals surface area contributed by atoms with Crippen LogP contribution in [0.3, 0.4) is 0 Å². The predicted molar refractivity (Wildman–Crippen MR) is 99.4 cm³/mol. The quantitative estimate of drug-likeness (QED) is 0.604. The molecule has 11 heteroatoms. The van der Waals surface area contributed by atoms with Crippen LogP contribution in [-0.4, -0.2) is 27.8 Å². The van der Waals surface area contributed by atoms with E-state index in [1.54, 1.807) is 41.1 Å². The standard InChI is InChI=1S/C16H13ClN6O3S/c17-15-7-13(3-6-16(15)21-27(24,25)26)9-23(22-10-19-20-11-22)14-4-1-12(8-18)2-5-14/h1-7,10-11,21H,9H2,(H,24,25,26).